The van der Waals surface area contributed by atoms with Crippen LogP contribution in [0.15, 0.2) is 103 Å². The van der Waals surface area contributed by atoms with Crippen molar-refractivity contribution in [3.8, 4) is 22.6 Å². The average molecular weight is 685 g/mol. The van der Waals surface area contributed by atoms with Crippen LogP contribution in [0.1, 0.15) is 30.1 Å². The van der Waals surface area contributed by atoms with Crippen molar-refractivity contribution in [1.29, 1.82) is 0 Å². The Morgan fingerprint density at radius 2 is 1.61 bits per heavy atom. The van der Waals surface area contributed by atoms with E-state index in [1.807, 2.05) is 51.9 Å². The molecule has 2 saturated heterocycles. The van der Waals surface area contributed by atoms with Gasteiger partial charge in [0.15, 0.2) is 0 Å². The van der Waals surface area contributed by atoms with Gasteiger partial charge in [-0.05, 0) is 79.6 Å². The summed E-state index contributed by atoms with van der Waals surface area (Å²) in [6.45, 7) is 5.23. The van der Waals surface area contributed by atoms with E-state index in [1.165, 1.54) is 6.07 Å². The molecule has 3 aromatic carbocycles. The Hall–Kier alpha value is -6.17. The molecule has 3 aromatic heterocycles. The summed E-state index contributed by atoms with van der Waals surface area (Å²) in [6, 6.07) is 25.9. The van der Waals surface area contributed by atoms with Crippen molar-refractivity contribution in [2.45, 2.75) is 19.8 Å². The molecule has 2 aliphatic rings. The van der Waals surface area contributed by atoms with E-state index < -0.39 is 23.1 Å². The number of carbonyl (C=O) groups excluding carboxylic acids is 2. The molecule has 0 aliphatic carbocycles. The van der Waals surface area contributed by atoms with Crippen LogP contribution >= 0.6 is 0 Å². The van der Waals surface area contributed by atoms with Crippen molar-refractivity contribution in [3.05, 3.63) is 121 Å². The maximum Gasteiger partial charge on any atom is 0.261 e. The zero-order chi connectivity index (χ0) is 35.1. The van der Waals surface area contributed by atoms with Gasteiger partial charge in [-0.1, -0.05) is 24.3 Å². The molecule has 0 radical (unpaired) electrons. The number of nitrogens with zero attached hydrogens (tertiary/aromatic N) is 6. The van der Waals surface area contributed by atoms with E-state index in [0.29, 0.717) is 39.9 Å². The van der Waals surface area contributed by atoms with Crippen LogP contribution in [0.2, 0.25) is 0 Å². The number of likely N-dealkylation sites (tertiary alicyclic amines) is 1. The Labute approximate surface area is 292 Å². The fourth-order valence-corrected chi connectivity index (χ4v) is 7.22. The van der Waals surface area contributed by atoms with Gasteiger partial charge in [-0.25, -0.2) is 23.7 Å². The number of aromatic nitrogens is 4. The number of benzene rings is 3. The number of amides is 2. The fourth-order valence-electron chi connectivity index (χ4n) is 7.22. The summed E-state index contributed by atoms with van der Waals surface area (Å²) in [6.07, 6.45) is 5.70. The molecule has 6 aromatic rings. The smallest absolute Gasteiger partial charge is 0.261 e. The number of hydrogen-bond donors (Lipinski definition) is 2. The Kier molecular flexibility index (Phi) is 8.13. The zero-order valence-corrected chi connectivity index (χ0v) is 27.8. The highest BCUT2D eigenvalue weighted by molar-refractivity contribution is 6.05. The number of pyridine rings is 1. The molecule has 0 bridgehead atoms. The summed E-state index contributed by atoms with van der Waals surface area (Å²) in [5, 5.41) is 5.94. The van der Waals surface area contributed by atoms with E-state index in [9.17, 15) is 18.4 Å². The van der Waals surface area contributed by atoms with Gasteiger partial charge in [0.05, 0.1) is 17.1 Å². The van der Waals surface area contributed by atoms with E-state index >= 15 is 0 Å². The normalized spacial score (nSPS) is 17.0. The van der Waals surface area contributed by atoms with E-state index in [0.717, 1.165) is 62.5 Å². The highest BCUT2D eigenvalue weighted by atomic mass is 19.1. The van der Waals surface area contributed by atoms with Crippen molar-refractivity contribution in [2.75, 3.05) is 41.7 Å². The Bertz CT molecular complexity index is 2270. The highest BCUT2D eigenvalue weighted by Crippen LogP contribution is 2.41. The van der Waals surface area contributed by atoms with Gasteiger partial charge >= 0.3 is 0 Å². The van der Waals surface area contributed by atoms with Crippen molar-refractivity contribution in [3.63, 3.8) is 0 Å². The number of nitrogens with one attached hydrogen (secondary N) is 2. The van der Waals surface area contributed by atoms with Crippen LogP contribution in [0.25, 0.3) is 28.3 Å². The number of imidazole rings is 1. The average Bonchev–Trinajstić information content (AvgIpc) is 3.86. The first kappa shape index (κ1) is 32.1. The van der Waals surface area contributed by atoms with Gasteiger partial charge in [-0.15, -0.1) is 0 Å². The summed E-state index contributed by atoms with van der Waals surface area (Å²) in [4.78, 5) is 43.4. The molecular weight excluding hydrogens is 650 g/mol. The van der Waals surface area contributed by atoms with Crippen LogP contribution in [-0.4, -0.2) is 62.2 Å². The molecule has 2 N–H and O–H groups in total. The summed E-state index contributed by atoms with van der Waals surface area (Å²) in [5.41, 5.74) is 5.10. The Balaban J connectivity index is 1.04. The van der Waals surface area contributed by atoms with Crippen molar-refractivity contribution in [2.24, 2.45) is 5.41 Å². The van der Waals surface area contributed by atoms with Gasteiger partial charge in [0, 0.05) is 73.5 Å². The molecule has 1 spiro atoms. The molecule has 0 saturated carbocycles. The third kappa shape index (κ3) is 6.24. The van der Waals surface area contributed by atoms with E-state index in [4.69, 9.17) is 9.97 Å². The van der Waals surface area contributed by atoms with Crippen molar-refractivity contribution >= 4 is 40.5 Å². The Morgan fingerprint density at radius 3 is 2.39 bits per heavy atom. The SMILES string of the molecule is CC(=O)N1CCC2(CCN(c3ccc(Nc4nccc(-c5c(-c6cccc(NC(=O)c7c(F)cccc7F)c6)nc6ccccn56)n4)cc3)C2)C1. The predicted octanol–water partition coefficient (Wildman–Crippen LogP) is 7.18. The number of rotatable bonds is 7. The zero-order valence-electron chi connectivity index (χ0n) is 27.8. The van der Waals surface area contributed by atoms with Crippen LogP contribution in [0.5, 0.6) is 0 Å². The van der Waals surface area contributed by atoms with Gasteiger partial charge in [-0.3, -0.25) is 14.0 Å². The van der Waals surface area contributed by atoms with Gasteiger partial charge in [-0.2, -0.15) is 0 Å². The Morgan fingerprint density at radius 1 is 0.824 bits per heavy atom. The van der Waals surface area contributed by atoms with Crippen LogP contribution in [-0.2, 0) is 4.79 Å². The lowest BCUT2D eigenvalue weighted by atomic mass is 9.86. The highest BCUT2D eigenvalue weighted by Gasteiger charge is 2.44. The maximum absolute atomic E-state index is 14.3. The minimum Gasteiger partial charge on any atom is -0.371 e. The second kappa shape index (κ2) is 12.9. The topological polar surface area (TPSA) is 108 Å². The molecule has 51 heavy (non-hydrogen) atoms. The maximum atomic E-state index is 14.3. The standard InChI is InChI=1S/C39H34F2N8O2/c1-25(50)47-20-16-39(23-47)17-21-48(24-39)29-13-11-27(12-14-29)44-38-42-18-15-32(45-38)36-35(46-33-10-2-3-19-49(33)36)26-6-4-7-28(22-26)43-37(51)34-30(40)8-5-9-31(34)41/h2-15,18-19,22H,16-17,20-21,23-24H2,1H3,(H,43,51)(H,42,44,45). The molecule has 2 amide bonds. The lowest BCUT2D eigenvalue weighted by Gasteiger charge is -2.25. The van der Waals surface area contributed by atoms with Crippen LogP contribution < -0.4 is 15.5 Å². The quantitative estimate of drug-likeness (QED) is 0.184. The number of halogens is 2. The van der Waals surface area contributed by atoms with Gasteiger partial charge in [0.1, 0.15) is 22.8 Å². The molecule has 2 aliphatic heterocycles. The number of fused-ring (bicyclic) bond motifs is 1. The molecule has 12 heteroatoms. The third-order valence-corrected chi connectivity index (χ3v) is 9.82. The molecule has 5 heterocycles. The van der Waals surface area contributed by atoms with Crippen molar-refractivity contribution in [1.82, 2.24) is 24.3 Å². The first-order valence-electron chi connectivity index (χ1n) is 16.8. The van der Waals surface area contributed by atoms with Crippen LogP contribution in [0.4, 0.5) is 31.8 Å². The summed E-state index contributed by atoms with van der Waals surface area (Å²) in [5.74, 6) is -2.22. The lowest BCUT2D eigenvalue weighted by Crippen LogP contribution is -2.32. The molecule has 1 atom stereocenters. The van der Waals surface area contributed by atoms with E-state index in [1.54, 1.807) is 37.4 Å². The fraction of sp³-hybridized carbons (Fsp3) is 0.205. The molecular formula is C39H34F2N8O2. The number of anilines is 4. The molecule has 2 fully saturated rings. The minimum absolute atomic E-state index is 0.154. The van der Waals surface area contributed by atoms with Gasteiger partial charge < -0.3 is 20.4 Å². The largest absolute Gasteiger partial charge is 0.371 e. The summed E-state index contributed by atoms with van der Waals surface area (Å²) in [7, 11) is 0. The van der Waals surface area contributed by atoms with Gasteiger partial charge in [0.25, 0.3) is 5.91 Å². The second-order valence-electron chi connectivity index (χ2n) is 13.2. The molecule has 10 nitrogen and oxygen atoms in total. The third-order valence-electron chi connectivity index (χ3n) is 9.82. The van der Waals surface area contributed by atoms with Crippen LogP contribution in [0, 0.1) is 17.0 Å². The number of hydrogen-bond acceptors (Lipinski definition) is 7. The van der Waals surface area contributed by atoms with E-state index in [-0.39, 0.29) is 11.3 Å². The minimum atomic E-state index is -0.942. The first-order valence-corrected chi connectivity index (χ1v) is 16.8. The lowest BCUT2D eigenvalue weighted by molar-refractivity contribution is -0.128. The first-order chi connectivity index (χ1) is 24.7. The molecule has 256 valence electrons. The van der Waals surface area contributed by atoms with Crippen molar-refractivity contribution < 1.29 is 18.4 Å². The summed E-state index contributed by atoms with van der Waals surface area (Å²) < 4.78 is 30.5. The molecule has 8 rings (SSSR count). The molecule has 1 unspecified atom stereocenters. The van der Waals surface area contributed by atoms with Gasteiger partial charge in [0.2, 0.25) is 11.9 Å². The van der Waals surface area contributed by atoms with Crippen LogP contribution in [0.3, 0.4) is 0 Å². The predicted molar refractivity (Wildman–Crippen MR) is 192 cm³/mol. The van der Waals surface area contributed by atoms with E-state index in [2.05, 4.69) is 32.7 Å². The monoisotopic (exact) mass is 684 g/mol. The second-order valence-corrected chi connectivity index (χ2v) is 13.2. The summed E-state index contributed by atoms with van der Waals surface area (Å²) >= 11 is 0. The number of carbonyl (C=O) groups is 2.